The van der Waals surface area contributed by atoms with Crippen molar-refractivity contribution in [2.45, 2.75) is 45.4 Å². The fraction of sp³-hybridized carbons (Fsp3) is 0.652. The fourth-order valence-electron chi connectivity index (χ4n) is 4.39. The Bertz CT molecular complexity index is 719. The lowest BCUT2D eigenvalue weighted by atomic mass is 9.75. The Hall–Kier alpha value is -2.12. The average molecular weight is 419 g/mol. The van der Waals surface area contributed by atoms with Gasteiger partial charge in [0.2, 0.25) is 5.91 Å². The number of esters is 1. The number of piperidine rings is 1. The van der Waals surface area contributed by atoms with E-state index in [9.17, 15) is 9.59 Å². The molecule has 7 heteroatoms. The van der Waals surface area contributed by atoms with E-state index in [1.807, 2.05) is 41.2 Å². The van der Waals surface area contributed by atoms with Gasteiger partial charge in [0.05, 0.1) is 25.7 Å². The predicted octanol–water partition coefficient (Wildman–Crippen LogP) is 2.83. The summed E-state index contributed by atoms with van der Waals surface area (Å²) in [4.78, 5) is 33.4. The molecule has 3 rings (SSSR count). The smallest absolute Gasteiger partial charge is 0.314 e. The molecule has 7 nitrogen and oxygen atoms in total. The summed E-state index contributed by atoms with van der Waals surface area (Å²) in [5.41, 5.74) is 0.288. The summed E-state index contributed by atoms with van der Waals surface area (Å²) in [6.45, 7) is 5.42. The molecule has 0 saturated carbocycles. The lowest BCUT2D eigenvalue weighted by Gasteiger charge is -2.41. The number of nitrogens with zero attached hydrogens (tertiary/aromatic N) is 2. The van der Waals surface area contributed by atoms with Crippen LogP contribution in [0, 0.1) is 5.41 Å². The standard InChI is InChI=1S/C23H34N2O5/c1-3-29-22(27)23(17-19-8-6-9-20(16-19)28-2)11-7-12-24(18-23)21(26)10-14-25-13-4-5-15-30-25/h6,8-9,16H,3-5,7,10-15,17-18H2,1-2H3/t23-/m1/s1. The van der Waals surface area contributed by atoms with Crippen molar-refractivity contribution in [2.24, 2.45) is 5.41 Å². The maximum Gasteiger partial charge on any atom is 0.314 e. The van der Waals surface area contributed by atoms with Gasteiger partial charge in [0.25, 0.3) is 0 Å². The molecule has 0 aromatic heterocycles. The maximum atomic E-state index is 13.0. The van der Waals surface area contributed by atoms with E-state index in [2.05, 4.69) is 0 Å². The van der Waals surface area contributed by atoms with Crippen LogP contribution in [0.1, 0.15) is 44.6 Å². The van der Waals surface area contributed by atoms with Crippen molar-refractivity contribution in [3.05, 3.63) is 29.8 Å². The van der Waals surface area contributed by atoms with Crippen molar-refractivity contribution in [3.8, 4) is 5.75 Å². The first-order valence-corrected chi connectivity index (χ1v) is 11.0. The molecule has 2 aliphatic heterocycles. The number of carbonyl (C=O) groups excluding carboxylic acids is 2. The van der Waals surface area contributed by atoms with E-state index < -0.39 is 5.41 Å². The third kappa shape index (κ3) is 5.73. The predicted molar refractivity (Wildman–Crippen MR) is 113 cm³/mol. The minimum atomic E-state index is -0.724. The quantitative estimate of drug-likeness (QED) is 0.605. The van der Waals surface area contributed by atoms with Gasteiger partial charge in [-0.25, -0.2) is 0 Å². The van der Waals surface area contributed by atoms with Crippen molar-refractivity contribution in [1.82, 2.24) is 9.96 Å². The molecule has 1 amide bonds. The number of hydroxylamine groups is 2. The molecule has 2 heterocycles. The van der Waals surface area contributed by atoms with Gasteiger partial charge in [-0.15, -0.1) is 0 Å². The first kappa shape index (κ1) is 22.6. The number of ether oxygens (including phenoxy) is 2. The number of methoxy groups -OCH3 is 1. The molecule has 1 aromatic carbocycles. The third-order valence-electron chi connectivity index (χ3n) is 5.97. The van der Waals surface area contributed by atoms with Gasteiger partial charge in [0.1, 0.15) is 5.75 Å². The number of hydrogen-bond donors (Lipinski definition) is 0. The van der Waals surface area contributed by atoms with Crippen molar-refractivity contribution in [2.75, 3.05) is 46.5 Å². The highest BCUT2D eigenvalue weighted by molar-refractivity contribution is 5.81. The Balaban J connectivity index is 1.70. The molecular weight excluding hydrogens is 384 g/mol. The van der Waals surface area contributed by atoms with Crippen LogP contribution in [0.5, 0.6) is 5.75 Å². The number of hydrogen-bond acceptors (Lipinski definition) is 6. The fourth-order valence-corrected chi connectivity index (χ4v) is 4.39. The van der Waals surface area contributed by atoms with Crippen molar-refractivity contribution in [1.29, 1.82) is 0 Å². The summed E-state index contributed by atoms with van der Waals surface area (Å²) in [5, 5.41) is 1.89. The molecule has 0 N–H and O–H groups in total. The summed E-state index contributed by atoms with van der Waals surface area (Å²) in [5.74, 6) is 0.615. The van der Waals surface area contributed by atoms with Crippen LogP contribution < -0.4 is 4.74 Å². The second-order valence-corrected chi connectivity index (χ2v) is 8.17. The third-order valence-corrected chi connectivity index (χ3v) is 5.97. The zero-order chi connectivity index (χ0) is 21.4. The molecule has 1 aromatic rings. The molecule has 2 fully saturated rings. The van der Waals surface area contributed by atoms with Crippen LogP contribution in [-0.4, -0.2) is 68.3 Å². The second-order valence-electron chi connectivity index (χ2n) is 8.17. The normalized spacial score (nSPS) is 22.5. The van der Waals surface area contributed by atoms with Crippen LogP contribution in [0.2, 0.25) is 0 Å². The maximum absolute atomic E-state index is 13.0. The number of likely N-dealkylation sites (tertiary alicyclic amines) is 1. The van der Waals surface area contributed by atoms with E-state index in [1.54, 1.807) is 7.11 Å². The lowest BCUT2D eigenvalue weighted by Crippen LogP contribution is -2.52. The molecule has 2 aliphatic rings. The Morgan fingerprint density at radius 3 is 2.80 bits per heavy atom. The molecule has 2 saturated heterocycles. The summed E-state index contributed by atoms with van der Waals surface area (Å²) in [7, 11) is 1.63. The Kier molecular flexibility index (Phi) is 8.10. The molecule has 0 spiro atoms. The topological polar surface area (TPSA) is 68.3 Å². The number of amides is 1. The molecular formula is C23H34N2O5. The van der Waals surface area contributed by atoms with Crippen LogP contribution in [0.3, 0.4) is 0 Å². The van der Waals surface area contributed by atoms with Crippen molar-refractivity contribution in [3.63, 3.8) is 0 Å². The van der Waals surface area contributed by atoms with Gasteiger partial charge >= 0.3 is 5.97 Å². The first-order valence-electron chi connectivity index (χ1n) is 11.0. The van der Waals surface area contributed by atoms with E-state index in [-0.39, 0.29) is 11.9 Å². The highest BCUT2D eigenvalue weighted by Gasteiger charge is 2.44. The molecule has 30 heavy (non-hydrogen) atoms. The Morgan fingerprint density at radius 2 is 2.07 bits per heavy atom. The highest BCUT2D eigenvalue weighted by Crippen LogP contribution is 2.36. The van der Waals surface area contributed by atoms with Gasteiger partial charge < -0.3 is 14.4 Å². The van der Waals surface area contributed by atoms with Crippen LogP contribution in [0.4, 0.5) is 0 Å². The van der Waals surface area contributed by atoms with E-state index in [1.165, 1.54) is 0 Å². The minimum absolute atomic E-state index is 0.0724. The van der Waals surface area contributed by atoms with Crippen molar-refractivity contribution < 1.29 is 23.9 Å². The zero-order valence-corrected chi connectivity index (χ0v) is 18.2. The van der Waals surface area contributed by atoms with Gasteiger partial charge in [-0.05, 0) is 56.7 Å². The minimum Gasteiger partial charge on any atom is -0.497 e. The summed E-state index contributed by atoms with van der Waals surface area (Å²) in [6.07, 6.45) is 4.60. The van der Waals surface area contributed by atoms with Gasteiger partial charge in [-0.1, -0.05) is 12.1 Å². The van der Waals surface area contributed by atoms with Crippen LogP contribution in [0.15, 0.2) is 24.3 Å². The van der Waals surface area contributed by atoms with Gasteiger partial charge in [-0.3, -0.25) is 14.4 Å². The summed E-state index contributed by atoms with van der Waals surface area (Å²) >= 11 is 0. The summed E-state index contributed by atoms with van der Waals surface area (Å²) in [6, 6.07) is 7.77. The van der Waals surface area contributed by atoms with Crippen LogP contribution in [-0.2, 0) is 25.6 Å². The molecule has 0 aliphatic carbocycles. The van der Waals surface area contributed by atoms with E-state index in [4.69, 9.17) is 14.3 Å². The molecule has 0 radical (unpaired) electrons. The largest absolute Gasteiger partial charge is 0.497 e. The molecule has 1 atom stereocenters. The SMILES string of the molecule is CCOC(=O)[C@@]1(Cc2cccc(OC)c2)CCCN(C(=O)CCN2CCCCO2)C1. The monoisotopic (exact) mass is 418 g/mol. The highest BCUT2D eigenvalue weighted by atomic mass is 16.7. The van der Waals surface area contributed by atoms with Gasteiger partial charge in [-0.2, -0.15) is 5.06 Å². The van der Waals surface area contributed by atoms with Gasteiger partial charge in [0, 0.05) is 32.6 Å². The molecule has 166 valence electrons. The first-order chi connectivity index (χ1) is 14.6. The summed E-state index contributed by atoms with van der Waals surface area (Å²) < 4.78 is 10.8. The lowest BCUT2D eigenvalue weighted by molar-refractivity contribution is -0.183. The van der Waals surface area contributed by atoms with Crippen LogP contribution >= 0.6 is 0 Å². The van der Waals surface area contributed by atoms with Crippen LogP contribution in [0.25, 0.3) is 0 Å². The van der Waals surface area contributed by atoms with E-state index in [0.29, 0.717) is 45.5 Å². The average Bonchev–Trinajstić information content (AvgIpc) is 2.78. The number of rotatable bonds is 8. The molecule has 0 bridgehead atoms. The van der Waals surface area contributed by atoms with Crippen molar-refractivity contribution >= 4 is 11.9 Å². The second kappa shape index (κ2) is 10.8. The Morgan fingerprint density at radius 1 is 1.20 bits per heavy atom. The zero-order valence-electron chi connectivity index (χ0n) is 18.2. The van der Waals surface area contributed by atoms with E-state index >= 15 is 0 Å². The molecule has 0 unspecified atom stereocenters. The van der Waals surface area contributed by atoms with Gasteiger partial charge in [0.15, 0.2) is 0 Å². The number of carbonyl (C=O) groups is 2. The van der Waals surface area contributed by atoms with E-state index in [0.717, 1.165) is 43.7 Å². The Labute approximate surface area is 179 Å². The number of benzene rings is 1.